The van der Waals surface area contributed by atoms with E-state index in [1.54, 1.807) is 13.3 Å². The van der Waals surface area contributed by atoms with Crippen LogP contribution in [0, 0.1) is 0 Å². The third-order valence-electron chi connectivity index (χ3n) is 5.51. The van der Waals surface area contributed by atoms with E-state index >= 15 is 0 Å². The highest BCUT2D eigenvalue weighted by Gasteiger charge is 2.18. The van der Waals surface area contributed by atoms with Crippen molar-refractivity contribution in [2.24, 2.45) is 0 Å². The van der Waals surface area contributed by atoms with Gasteiger partial charge in [-0.2, -0.15) is 0 Å². The number of hydrogen-bond acceptors (Lipinski definition) is 8. The van der Waals surface area contributed by atoms with Crippen molar-refractivity contribution in [3.63, 3.8) is 0 Å². The van der Waals surface area contributed by atoms with Crippen molar-refractivity contribution in [1.82, 2.24) is 21.1 Å². The molecule has 1 aliphatic rings. The van der Waals surface area contributed by atoms with E-state index in [9.17, 15) is 0 Å². The van der Waals surface area contributed by atoms with Crippen molar-refractivity contribution < 1.29 is 9.47 Å². The predicted molar refractivity (Wildman–Crippen MR) is 127 cm³/mol. The van der Waals surface area contributed by atoms with E-state index in [1.165, 1.54) is 0 Å². The maximum atomic E-state index is 5.95. The number of ether oxygens (including phenoxy) is 2. The minimum Gasteiger partial charge on any atom is -0.495 e. The van der Waals surface area contributed by atoms with Gasteiger partial charge in [-0.3, -0.25) is 4.98 Å². The molecule has 0 amide bonds. The second kappa shape index (κ2) is 9.17. The molecule has 164 valence electrons. The van der Waals surface area contributed by atoms with Crippen LogP contribution in [0.15, 0.2) is 60.9 Å². The molecule has 5 N–H and O–H groups in total. The Hall–Kier alpha value is -3.75. The Balaban J connectivity index is 0.00000245. The minimum atomic E-state index is 0. The number of methoxy groups -OCH3 is 1. The molecule has 0 saturated carbocycles. The van der Waals surface area contributed by atoms with E-state index in [1.807, 2.05) is 36.5 Å². The number of nitrogens with zero attached hydrogens (tertiary/aromatic N) is 4. The zero-order valence-corrected chi connectivity index (χ0v) is 18.0. The maximum absolute atomic E-state index is 5.95. The number of hydrogen-bond donors (Lipinski definition) is 2. The van der Waals surface area contributed by atoms with Gasteiger partial charge in [0.15, 0.2) is 0 Å². The fourth-order valence-corrected chi connectivity index (χ4v) is 3.94. The average Bonchev–Trinajstić information content (AvgIpc) is 2.84. The molecule has 3 heterocycles. The van der Waals surface area contributed by atoms with Gasteiger partial charge >= 0.3 is 0 Å². The van der Waals surface area contributed by atoms with Crippen LogP contribution in [0.2, 0.25) is 0 Å². The highest BCUT2D eigenvalue weighted by atomic mass is 16.5. The molecule has 1 fully saturated rings. The summed E-state index contributed by atoms with van der Waals surface area (Å²) in [6.07, 6.45) is 3.59. The number of rotatable bonds is 4. The van der Waals surface area contributed by atoms with Gasteiger partial charge in [-0.1, -0.05) is 24.3 Å². The Morgan fingerprint density at radius 3 is 2.59 bits per heavy atom. The smallest absolute Gasteiger partial charge is 0.220 e. The Morgan fingerprint density at radius 2 is 1.78 bits per heavy atom. The molecular weight excluding hydrogens is 404 g/mol. The van der Waals surface area contributed by atoms with E-state index in [4.69, 9.17) is 15.2 Å². The van der Waals surface area contributed by atoms with Crippen molar-refractivity contribution in [3.8, 4) is 28.1 Å². The van der Waals surface area contributed by atoms with Gasteiger partial charge < -0.3 is 26.3 Å². The van der Waals surface area contributed by atoms with Gasteiger partial charge in [0.1, 0.15) is 5.75 Å². The second-order valence-electron chi connectivity index (χ2n) is 7.39. The SMILES string of the molecule is COc1cc(-c2cnc(N)nc2-c2cnc3ccccc3c2)ccc1N1CCOCC1.N. The minimum absolute atomic E-state index is 0. The van der Waals surface area contributed by atoms with Crippen LogP contribution in [0.4, 0.5) is 11.6 Å². The summed E-state index contributed by atoms with van der Waals surface area (Å²) in [5.41, 5.74) is 11.4. The first-order valence-electron chi connectivity index (χ1n) is 10.2. The lowest BCUT2D eigenvalue weighted by Gasteiger charge is -2.30. The zero-order valence-electron chi connectivity index (χ0n) is 18.0. The highest BCUT2D eigenvalue weighted by molar-refractivity contribution is 5.88. The van der Waals surface area contributed by atoms with Gasteiger partial charge in [0.25, 0.3) is 0 Å². The molecule has 2 aromatic carbocycles. The van der Waals surface area contributed by atoms with E-state index in [-0.39, 0.29) is 12.1 Å². The topological polar surface area (TPSA) is 121 Å². The summed E-state index contributed by atoms with van der Waals surface area (Å²) >= 11 is 0. The van der Waals surface area contributed by atoms with Crippen molar-refractivity contribution in [3.05, 3.63) is 60.9 Å². The summed E-state index contributed by atoms with van der Waals surface area (Å²) in [5, 5.41) is 1.04. The van der Waals surface area contributed by atoms with Crippen molar-refractivity contribution in [2.45, 2.75) is 0 Å². The number of fused-ring (bicyclic) bond motifs is 1. The second-order valence-corrected chi connectivity index (χ2v) is 7.39. The molecule has 1 saturated heterocycles. The van der Waals surface area contributed by atoms with E-state index in [0.29, 0.717) is 0 Å². The van der Waals surface area contributed by atoms with Gasteiger partial charge in [-0.25, -0.2) is 9.97 Å². The molecular formula is C24H26N6O2. The van der Waals surface area contributed by atoms with Crippen molar-refractivity contribution in [2.75, 3.05) is 44.0 Å². The number of benzene rings is 2. The number of nitrogen functional groups attached to an aromatic ring is 1. The average molecular weight is 431 g/mol. The molecule has 0 aliphatic carbocycles. The summed E-state index contributed by atoms with van der Waals surface area (Å²) in [7, 11) is 1.69. The maximum Gasteiger partial charge on any atom is 0.220 e. The molecule has 0 spiro atoms. The van der Waals surface area contributed by atoms with Gasteiger partial charge in [-0.15, -0.1) is 0 Å². The molecule has 0 bridgehead atoms. The summed E-state index contributed by atoms with van der Waals surface area (Å²) in [6, 6.07) is 16.3. The normalized spacial score (nSPS) is 13.6. The quantitative estimate of drug-likeness (QED) is 0.499. The van der Waals surface area contributed by atoms with Crippen LogP contribution in [0.1, 0.15) is 0 Å². The van der Waals surface area contributed by atoms with Crippen LogP contribution in [0.5, 0.6) is 5.75 Å². The number of morpholine rings is 1. The third-order valence-corrected chi connectivity index (χ3v) is 5.51. The van der Waals surface area contributed by atoms with Crippen LogP contribution in [-0.2, 0) is 4.74 Å². The lowest BCUT2D eigenvalue weighted by molar-refractivity contribution is 0.122. The molecule has 2 aromatic heterocycles. The van der Waals surface area contributed by atoms with E-state index in [0.717, 1.165) is 71.0 Å². The fraction of sp³-hybridized carbons (Fsp3) is 0.208. The van der Waals surface area contributed by atoms with Crippen LogP contribution in [-0.4, -0.2) is 48.4 Å². The molecule has 1 aliphatic heterocycles. The van der Waals surface area contributed by atoms with Crippen LogP contribution >= 0.6 is 0 Å². The first kappa shape index (κ1) is 21.5. The lowest BCUT2D eigenvalue weighted by atomic mass is 10.00. The third kappa shape index (κ3) is 4.05. The monoisotopic (exact) mass is 430 g/mol. The number of anilines is 2. The Bertz CT molecular complexity index is 1240. The summed E-state index contributed by atoms with van der Waals surface area (Å²) in [4.78, 5) is 15.7. The summed E-state index contributed by atoms with van der Waals surface area (Å²) < 4.78 is 11.2. The predicted octanol–water partition coefficient (Wildman–Crippen LogP) is 3.95. The largest absolute Gasteiger partial charge is 0.495 e. The van der Waals surface area contributed by atoms with Gasteiger partial charge in [0.05, 0.1) is 37.2 Å². The first-order chi connectivity index (χ1) is 15.2. The Labute approximate surface area is 186 Å². The highest BCUT2D eigenvalue weighted by Crippen LogP contribution is 2.37. The van der Waals surface area contributed by atoms with E-state index in [2.05, 4.69) is 38.1 Å². The van der Waals surface area contributed by atoms with Crippen molar-refractivity contribution >= 4 is 22.5 Å². The number of aromatic nitrogens is 3. The number of para-hydroxylation sites is 1. The van der Waals surface area contributed by atoms with E-state index < -0.39 is 0 Å². The number of nitrogens with two attached hydrogens (primary N) is 1. The molecule has 0 atom stereocenters. The number of pyridine rings is 1. The summed E-state index contributed by atoms with van der Waals surface area (Å²) in [5.74, 6) is 1.03. The van der Waals surface area contributed by atoms with Crippen LogP contribution < -0.4 is 21.5 Å². The molecule has 0 unspecified atom stereocenters. The van der Waals surface area contributed by atoms with Crippen LogP contribution in [0.25, 0.3) is 33.3 Å². The standard InChI is InChI=1S/C24H23N5O2.H3N/c1-30-22-13-16(6-7-21(22)29-8-10-31-11-9-29)19-15-27-24(25)28-23(19)18-12-17-4-2-3-5-20(17)26-14-18;/h2-7,12-15H,8-11H2,1H3,(H2,25,27,28);1H3. The molecule has 4 aromatic rings. The molecule has 0 radical (unpaired) electrons. The molecule has 5 rings (SSSR count). The lowest BCUT2D eigenvalue weighted by Crippen LogP contribution is -2.36. The van der Waals surface area contributed by atoms with Gasteiger partial charge in [0.2, 0.25) is 5.95 Å². The Morgan fingerprint density at radius 1 is 0.969 bits per heavy atom. The Kier molecular flexibility index (Phi) is 6.16. The van der Waals surface area contributed by atoms with Gasteiger partial charge in [-0.05, 0) is 29.8 Å². The van der Waals surface area contributed by atoms with Crippen LogP contribution in [0.3, 0.4) is 0 Å². The van der Waals surface area contributed by atoms with Gasteiger partial charge in [0, 0.05) is 42.0 Å². The molecule has 8 nitrogen and oxygen atoms in total. The first-order valence-corrected chi connectivity index (χ1v) is 10.2. The fourth-order valence-electron chi connectivity index (χ4n) is 3.94. The summed E-state index contributed by atoms with van der Waals surface area (Å²) in [6.45, 7) is 3.12. The zero-order chi connectivity index (χ0) is 21.2. The molecule has 32 heavy (non-hydrogen) atoms. The van der Waals surface area contributed by atoms with Crippen molar-refractivity contribution in [1.29, 1.82) is 0 Å². The molecule has 8 heteroatoms.